The van der Waals surface area contributed by atoms with Crippen LogP contribution in [-0.4, -0.2) is 43.8 Å². The van der Waals surface area contributed by atoms with E-state index in [1.54, 1.807) is 7.11 Å². The molecule has 2 rings (SSSR count). The average Bonchev–Trinajstić information content (AvgIpc) is 3.13. The van der Waals surface area contributed by atoms with Gasteiger partial charge in [-0.25, -0.2) is 4.79 Å². The van der Waals surface area contributed by atoms with Crippen LogP contribution in [0.5, 0.6) is 0 Å². The van der Waals surface area contributed by atoms with Gasteiger partial charge in [0, 0.05) is 19.7 Å². The van der Waals surface area contributed by atoms with Crippen molar-refractivity contribution in [3.63, 3.8) is 0 Å². The predicted octanol–water partition coefficient (Wildman–Crippen LogP) is 1.13. The Morgan fingerprint density at radius 2 is 2.28 bits per heavy atom. The monoisotopic (exact) mass is 271 g/mol. The van der Waals surface area contributed by atoms with E-state index in [1.165, 1.54) is 18.6 Å². The number of carbonyl (C=O) groups is 1. The van der Waals surface area contributed by atoms with Gasteiger partial charge in [0.15, 0.2) is 5.82 Å². The van der Waals surface area contributed by atoms with Gasteiger partial charge in [-0.2, -0.15) is 4.37 Å². The number of esters is 1. The molecule has 6 nitrogen and oxygen atoms in total. The molecule has 1 fully saturated rings. The Balaban J connectivity index is 2.26. The summed E-state index contributed by atoms with van der Waals surface area (Å²) < 4.78 is 13.9. The largest absolute Gasteiger partial charge is 0.465 e. The molecule has 0 spiro atoms. The summed E-state index contributed by atoms with van der Waals surface area (Å²) in [6.45, 7) is 1.34. The number of aromatic nitrogens is 1. The lowest BCUT2D eigenvalue weighted by Crippen LogP contribution is -2.30. The fourth-order valence-electron chi connectivity index (χ4n) is 1.81. The van der Waals surface area contributed by atoms with Crippen molar-refractivity contribution >= 4 is 28.3 Å². The lowest BCUT2D eigenvalue weighted by atomic mass is 10.3. The summed E-state index contributed by atoms with van der Waals surface area (Å²) in [6, 6.07) is 0.461. The molecule has 1 aromatic rings. The third-order valence-corrected chi connectivity index (χ3v) is 3.77. The van der Waals surface area contributed by atoms with Gasteiger partial charge in [-0.05, 0) is 24.4 Å². The third-order valence-electron chi connectivity index (χ3n) is 2.87. The van der Waals surface area contributed by atoms with Crippen molar-refractivity contribution in [3.8, 4) is 0 Å². The topological polar surface area (TPSA) is 77.7 Å². The summed E-state index contributed by atoms with van der Waals surface area (Å²) >= 11 is 1.24. The van der Waals surface area contributed by atoms with Crippen molar-refractivity contribution in [1.29, 1.82) is 0 Å². The minimum atomic E-state index is -0.431. The average molecular weight is 271 g/mol. The number of rotatable bonds is 6. The summed E-state index contributed by atoms with van der Waals surface area (Å²) in [4.78, 5) is 13.9. The molecular weight excluding hydrogens is 254 g/mol. The lowest BCUT2D eigenvalue weighted by molar-refractivity contribution is 0.0603. The van der Waals surface area contributed by atoms with E-state index in [0.29, 0.717) is 18.2 Å². The van der Waals surface area contributed by atoms with Crippen molar-refractivity contribution in [2.75, 3.05) is 38.0 Å². The van der Waals surface area contributed by atoms with Gasteiger partial charge in [0.2, 0.25) is 0 Å². The highest BCUT2D eigenvalue weighted by molar-refractivity contribution is 7.11. The first-order valence-corrected chi connectivity index (χ1v) is 6.55. The lowest BCUT2D eigenvalue weighted by Gasteiger charge is -2.22. The highest BCUT2D eigenvalue weighted by Crippen LogP contribution is 2.38. The van der Waals surface area contributed by atoms with Crippen LogP contribution in [0, 0.1) is 0 Å². The second-order valence-corrected chi connectivity index (χ2v) is 4.91. The van der Waals surface area contributed by atoms with Crippen LogP contribution in [0.2, 0.25) is 0 Å². The smallest absolute Gasteiger partial charge is 0.344 e. The van der Waals surface area contributed by atoms with Gasteiger partial charge in [0.1, 0.15) is 10.6 Å². The van der Waals surface area contributed by atoms with Crippen LogP contribution in [0.15, 0.2) is 0 Å². The third kappa shape index (κ3) is 2.56. The van der Waals surface area contributed by atoms with Gasteiger partial charge in [0.05, 0.1) is 13.7 Å². The van der Waals surface area contributed by atoms with Gasteiger partial charge in [-0.3, -0.25) is 0 Å². The second kappa shape index (κ2) is 5.53. The first-order valence-electron chi connectivity index (χ1n) is 5.78. The summed E-state index contributed by atoms with van der Waals surface area (Å²) in [5.41, 5.74) is 6.13. The van der Waals surface area contributed by atoms with E-state index < -0.39 is 5.97 Å². The Morgan fingerprint density at radius 1 is 1.56 bits per heavy atom. The molecule has 0 aliphatic heterocycles. The van der Waals surface area contributed by atoms with Crippen LogP contribution < -0.4 is 10.6 Å². The molecule has 0 bridgehead atoms. The Hall–Kier alpha value is -1.34. The van der Waals surface area contributed by atoms with E-state index in [4.69, 9.17) is 15.2 Å². The maximum absolute atomic E-state index is 11.7. The minimum Gasteiger partial charge on any atom is -0.465 e. The highest BCUT2D eigenvalue weighted by atomic mass is 32.1. The van der Waals surface area contributed by atoms with Crippen molar-refractivity contribution in [2.45, 2.75) is 18.9 Å². The zero-order valence-corrected chi connectivity index (χ0v) is 11.3. The van der Waals surface area contributed by atoms with E-state index in [-0.39, 0.29) is 5.82 Å². The summed E-state index contributed by atoms with van der Waals surface area (Å²) in [5, 5.41) is 0.791. The summed E-state index contributed by atoms with van der Waals surface area (Å²) in [6.07, 6.45) is 2.25. The molecule has 1 saturated carbocycles. The van der Waals surface area contributed by atoms with Gasteiger partial charge in [0.25, 0.3) is 0 Å². The fraction of sp³-hybridized carbons (Fsp3) is 0.636. The molecule has 1 aromatic heterocycles. The first kappa shape index (κ1) is 13.1. The number of methoxy groups -OCH3 is 2. The number of nitrogen functional groups attached to an aromatic ring is 1. The highest BCUT2D eigenvalue weighted by Gasteiger charge is 2.34. The van der Waals surface area contributed by atoms with Gasteiger partial charge in [-0.15, -0.1) is 0 Å². The molecule has 0 atom stereocenters. The number of carbonyl (C=O) groups excluding carboxylic acids is 1. The van der Waals surface area contributed by atoms with Crippen LogP contribution in [0.1, 0.15) is 23.2 Å². The maximum atomic E-state index is 11.7. The molecule has 0 aromatic carbocycles. The van der Waals surface area contributed by atoms with Crippen LogP contribution in [0.3, 0.4) is 0 Å². The minimum absolute atomic E-state index is 0.241. The Bertz CT molecular complexity index is 431. The quantitative estimate of drug-likeness (QED) is 0.781. The van der Waals surface area contributed by atoms with Crippen molar-refractivity contribution in [1.82, 2.24) is 4.37 Å². The number of hydrogen-bond acceptors (Lipinski definition) is 7. The fourth-order valence-corrected chi connectivity index (χ4v) is 2.71. The SMILES string of the molecule is COCCN(c1snc(N)c1C(=O)OC)C1CC1. The zero-order valence-electron chi connectivity index (χ0n) is 10.5. The molecule has 7 heteroatoms. The standard InChI is InChI=1S/C11H17N3O3S/c1-16-6-5-14(7-3-4-7)10-8(11(15)17-2)9(12)13-18-10/h7H,3-6H2,1-2H3,(H2,12,13). The first-order chi connectivity index (χ1) is 8.69. The predicted molar refractivity (Wildman–Crippen MR) is 70.1 cm³/mol. The Kier molecular flexibility index (Phi) is 4.03. The van der Waals surface area contributed by atoms with Crippen molar-refractivity contribution in [3.05, 3.63) is 5.56 Å². The Morgan fingerprint density at radius 3 is 2.83 bits per heavy atom. The number of nitrogens with zero attached hydrogens (tertiary/aromatic N) is 2. The van der Waals surface area contributed by atoms with Crippen molar-refractivity contribution < 1.29 is 14.3 Å². The molecule has 18 heavy (non-hydrogen) atoms. The summed E-state index contributed by atoms with van der Waals surface area (Å²) in [7, 11) is 3.01. The van der Waals surface area contributed by atoms with Crippen LogP contribution >= 0.6 is 11.5 Å². The summed E-state index contributed by atoms with van der Waals surface area (Å²) in [5.74, 6) is -0.191. The molecule has 0 amide bonds. The van der Waals surface area contributed by atoms with Gasteiger partial charge >= 0.3 is 5.97 Å². The Labute approximate surface area is 110 Å². The normalized spacial score (nSPS) is 14.6. The van der Waals surface area contributed by atoms with Crippen molar-refractivity contribution in [2.24, 2.45) is 0 Å². The molecular formula is C11H17N3O3S. The van der Waals surface area contributed by atoms with Crippen LogP contribution in [0.4, 0.5) is 10.8 Å². The number of ether oxygens (including phenoxy) is 2. The van der Waals surface area contributed by atoms with E-state index in [0.717, 1.165) is 24.4 Å². The molecule has 1 aliphatic carbocycles. The maximum Gasteiger partial charge on any atom is 0.344 e. The molecule has 0 saturated heterocycles. The molecule has 2 N–H and O–H groups in total. The second-order valence-electron chi connectivity index (χ2n) is 4.16. The number of hydrogen-bond donors (Lipinski definition) is 1. The van der Waals surface area contributed by atoms with E-state index in [1.807, 2.05) is 0 Å². The van der Waals surface area contributed by atoms with E-state index >= 15 is 0 Å². The number of anilines is 2. The molecule has 1 aliphatic rings. The number of nitrogens with two attached hydrogens (primary N) is 1. The molecule has 0 radical (unpaired) electrons. The molecule has 100 valence electrons. The molecule has 1 heterocycles. The zero-order chi connectivity index (χ0) is 13.1. The van der Waals surface area contributed by atoms with E-state index in [9.17, 15) is 4.79 Å². The van der Waals surface area contributed by atoms with Gasteiger partial charge < -0.3 is 20.1 Å². The molecule has 0 unspecified atom stereocenters. The van der Waals surface area contributed by atoms with Crippen LogP contribution in [0.25, 0.3) is 0 Å². The van der Waals surface area contributed by atoms with Gasteiger partial charge in [-0.1, -0.05) is 0 Å². The van der Waals surface area contributed by atoms with E-state index in [2.05, 4.69) is 9.27 Å². The van der Waals surface area contributed by atoms with Crippen LogP contribution in [-0.2, 0) is 9.47 Å².